The summed E-state index contributed by atoms with van der Waals surface area (Å²) in [4.78, 5) is 16.2. The minimum atomic E-state index is -1.32. The highest BCUT2D eigenvalue weighted by Crippen LogP contribution is 2.44. The number of hydrogen-bond acceptors (Lipinski definition) is 5. The Balaban J connectivity index is 1.77. The van der Waals surface area contributed by atoms with Crippen molar-refractivity contribution in [3.8, 4) is 0 Å². The molecular weight excluding hydrogens is 298 g/mol. The van der Waals surface area contributed by atoms with E-state index in [0.717, 1.165) is 19.3 Å². The Bertz CT molecular complexity index is 431. The summed E-state index contributed by atoms with van der Waals surface area (Å²) in [7, 11) is 0. The van der Waals surface area contributed by atoms with E-state index < -0.39 is 18.0 Å². The minimum Gasteiger partial charge on any atom is -0.448 e. The van der Waals surface area contributed by atoms with Gasteiger partial charge in [0.1, 0.15) is 11.8 Å². The van der Waals surface area contributed by atoms with Gasteiger partial charge in [-0.1, -0.05) is 32.1 Å². The Hall–Kier alpha value is -0.850. The summed E-state index contributed by atoms with van der Waals surface area (Å²) >= 11 is 0. The zero-order valence-electron chi connectivity index (χ0n) is 14.1. The maximum Gasteiger partial charge on any atom is 0.525 e. The van der Waals surface area contributed by atoms with Crippen LogP contribution in [0.25, 0.3) is 0 Å². The van der Waals surface area contributed by atoms with Crippen molar-refractivity contribution in [3.63, 3.8) is 0 Å². The second kappa shape index (κ2) is 6.57. The molecule has 1 saturated heterocycles. The Kier molecular flexibility index (Phi) is 4.85. The topological polar surface area (TPSA) is 79.2 Å². The number of carboxylic acid groups (broad SMARTS) is 1. The van der Waals surface area contributed by atoms with Crippen molar-refractivity contribution in [3.05, 3.63) is 0 Å². The predicted octanol–water partition coefficient (Wildman–Crippen LogP) is 3.14. The third kappa shape index (κ3) is 3.80. The molecular formula is C17H29NO5. The van der Waals surface area contributed by atoms with E-state index in [1.807, 2.05) is 13.8 Å². The first-order valence-corrected chi connectivity index (χ1v) is 8.94. The van der Waals surface area contributed by atoms with Crippen LogP contribution >= 0.6 is 0 Å². The maximum absolute atomic E-state index is 11.1. The van der Waals surface area contributed by atoms with E-state index in [0.29, 0.717) is 5.92 Å². The van der Waals surface area contributed by atoms with Gasteiger partial charge in [-0.05, 0) is 44.9 Å². The molecule has 0 aromatic heterocycles. The number of hydrogen-bond donors (Lipinski definition) is 2. The van der Waals surface area contributed by atoms with Crippen molar-refractivity contribution in [2.24, 2.45) is 11.8 Å². The van der Waals surface area contributed by atoms with Crippen molar-refractivity contribution in [2.45, 2.75) is 89.2 Å². The van der Waals surface area contributed by atoms with E-state index >= 15 is 0 Å². The Morgan fingerprint density at radius 1 is 1.26 bits per heavy atom. The maximum atomic E-state index is 11.1. The summed E-state index contributed by atoms with van der Waals surface area (Å²) in [6.07, 6.45) is 6.73. The predicted molar refractivity (Wildman–Crippen MR) is 83.6 cm³/mol. The first-order chi connectivity index (χ1) is 10.9. The highest BCUT2D eigenvalue weighted by molar-refractivity contribution is 5.56. The van der Waals surface area contributed by atoms with E-state index in [4.69, 9.17) is 14.7 Å². The van der Waals surface area contributed by atoms with Crippen LogP contribution in [0.5, 0.6) is 0 Å². The minimum absolute atomic E-state index is 0.209. The van der Waals surface area contributed by atoms with Gasteiger partial charge >= 0.3 is 6.16 Å². The van der Waals surface area contributed by atoms with Crippen molar-refractivity contribution < 1.29 is 24.6 Å². The highest BCUT2D eigenvalue weighted by atomic mass is 16.8. The van der Waals surface area contributed by atoms with E-state index in [1.165, 1.54) is 37.2 Å². The van der Waals surface area contributed by atoms with Crippen LogP contribution in [0.15, 0.2) is 0 Å². The van der Waals surface area contributed by atoms with E-state index in [9.17, 15) is 9.90 Å². The van der Waals surface area contributed by atoms with Crippen LogP contribution in [0.2, 0.25) is 0 Å². The van der Waals surface area contributed by atoms with Crippen molar-refractivity contribution in [1.82, 2.24) is 5.06 Å². The molecule has 3 aliphatic rings. The number of nitrogens with zero attached hydrogens (tertiary/aromatic N) is 1. The first-order valence-electron chi connectivity index (χ1n) is 8.94. The standard InChI is InChI=1S/C17H29NO5/c1-17(2)18(23-16(20)21)13(10-11-6-4-3-5-7-11)15(22-17)14(19)12-8-9-12/h11-15,19H,3-10H2,1-2H3,(H,20,21)/t13-,14-,15+/m0/s1. The van der Waals surface area contributed by atoms with Crippen LogP contribution in [0.3, 0.4) is 0 Å². The number of aliphatic hydroxyl groups is 1. The first kappa shape index (κ1) is 17.0. The molecule has 1 heterocycles. The van der Waals surface area contributed by atoms with Crippen LogP contribution in [0, 0.1) is 11.8 Å². The molecule has 2 saturated carbocycles. The summed E-state index contributed by atoms with van der Waals surface area (Å²) in [5.41, 5.74) is -0.849. The fourth-order valence-electron chi connectivity index (χ4n) is 4.26. The van der Waals surface area contributed by atoms with Gasteiger partial charge in [-0.2, -0.15) is 0 Å². The fraction of sp³-hybridized carbons (Fsp3) is 0.941. The highest BCUT2D eigenvalue weighted by Gasteiger charge is 2.55. The second-order valence-corrected chi connectivity index (χ2v) is 7.85. The number of ether oxygens (including phenoxy) is 1. The lowest BCUT2D eigenvalue weighted by molar-refractivity contribution is -0.230. The largest absolute Gasteiger partial charge is 0.525 e. The average Bonchev–Trinajstić information content (AvgIpc) is 3.30. The summed E-state index contributed by atoms with van der Waals surface area (Å²) in [5.74, 6) is 0.842. The van der Waals surface area contributed by atoms with Gasteiger partial charge in [-0.25, -0.2) is 4.79 Å². The summed E-state index contributed by atoms with van der Waals surface area (Å²) in [6, 6.07) is -0.209. The number of carbonyl (C=O) groups is 1. The van der Waals surface area contributed by atoms with Gasteiger partial charge < -0.3 is 19.8 Å². The van der Waals surface area contributed by atoms with Gasteiger partial charge in [0.15, 0.2) is 0 Å². The summed E-state index contributed by atoms with van der Waals surface area (Å²) in [5, 5.41) is 21.2. The number of rotatable bonds is 5. The van der Waals surface area contributed by atoms with Gasteiger partial charge in [-0.3, -0.25) is 0 Å². The SMILES string of the molecule is CC1(C)O[C@@H]([C@@H](O)C2CC2)[C@H](CC2CCCCC2)N1OC(=O)O. The van der Waals surface area contributed by atoms with Crippen molar-refractivity contribution in [1.29, 1.82) is 0 Å². The third-order valence-corrected chi connectivity index (χ3v) is 5.55. The molecule has 2 N–H and O–H groups in total. The van der Waals surface area contributed by atoms with Gasteiger partial charge in [-0.15, -0.1) is 5.06 Å². The lowest BCUT2D eigenvalue weighted by Gasteiger charge is -2.33. The Morgan fingerprint density at radius 2 is 1.91 bits per heavy atom. The zero-order chi connectivity index (χ0) is 16.6. The molecule has 0 aromatic rings. The van der Waals surface area contributed by atoms with Gasteiger partial charge in [0.25, 0.3) is 0 Å². The molecule has 132 valence electrons. The molecule has 23 heavy (non-hydrogen) atoms. The second-order valence-electron chi connectivity index (χ2n) is 7.85. The molecule has 2 aliphatic carbocycles. The molecule has 1 aliphatic heterocycles. The van der Waals surface area contributed by atoms with E-state index in [-0.39, 0.29) is 18.1 Å². The molecule has 0 bridgehead atoms. The van der Waals surface area contributed by atoms with Crippen LogP contribution in [0.1, 0.15) is 65.2 Å². The molecule has 6 nitrogen and oxygen atoms in total. The summed E-state index contributed by atoms with van der Waals surface area (Å²) in [6.45, 7) is 3.62. The lowest BCUT2D eigenvalue weighted by Crippen LogP contribution is -2.47. The van der Waals surface area contributed by atoms with Gasteiger partial charge in [0.2, 0.25) is 0 Å². The Labute approximate surface area is 137 Å². The third-order valence-electron chi connectivity index (χ3n) is 5.55. The number of hydroxylamine groups is 2. The van der Waals surface area contributed by atoms with Crippen LogP contribution in [-0.4, -0.2) is 45.4 Å². The monoisotopic (exact) mass is 327 g/mol. The van der Waals surface area contributed by atoms with Gasteiger partial charge in [0, 0.05) is 0 Å². The van der Waals surface area contributed by atoms with Crippen LogP contribution in [-0.2, 0) is 9.57 Å². The average molecular weight is 327 g/mol. The summed E-state index contributed by atoms with van der Waals surface area (Å²) < 4.78 is 6.07. The zero-order valence-corrected chi connectivity index (χ0v) is 14.1. The van der Waals surface area contributed by atoms with Crippen LogP contribution in [0.4, 0.5) is 4.79 Å². The lowest BCUT2D eigenvalue weighted by atomic mass is 9.83. The molecule has 6 heteroatoms. The molecule has 0 spiro atoms. The Morgan fingerprint density at radius 3 is 2.48 bits per heavy atom. The van der Waals surface area contributed by atoms with Gasteiger partial charge in [0.05, 0.1) is 12.1 Å². The molecule has 0 unspecified atom stereocenters. The molecule has 0 aromatic carbocycles. The molecule has 0 radical (unpaired) electrons. The van der Waals surface area contributed by atoms with E-state index in [2.05, 4.69) is 0 Å². The van der Waals surface area contributed by atoms with Crippen molar-refractivity contribution >= 4 is 6.16 Å². The molecule has 3 atom stereocenters. The van der Waals surface area contributed by atoms with Crippen molar-refractivity contribution in [2.75, 3.05) is 0 Å². The van der Waals surface area contributed by atoms with E-state index in [1.54, 1.807) is 0 Å². The smallest absolute Gasteiger partial charge is 0.448 e. The quantitative estimate of drug-likeness (QED) is 0.807. The normalized spacial score (nSPS) is 33.5. The molecule has 3 fully saturated rings. The molecule has 3 rings (SSSR count). The number of aliphatic hydroxyl groups excluding tert-OH is 1. The van der Waals surface area contributed by atoms with Crippen LogP contribution < -0.4 is 0 Å². The fourth-order valence-corrected chi connectivity index (χ4v) is 4.26. The molecule has 0 amide bonds.